The standard InChI is InChI=1S/C110H72N2O2/c1-5-29-73(30-6-1)81-67-82(69-86(68-81)112(104-50-26-18-38-89(104)79-35-11-4-12-36-79)85-62-65-101-108(72-85)114-106-52-28-23-47-99(106)109(101)95-43-19-13-39-90(95)91-40-14-20-44-96(91)109)76-55-53-74(54-56-76)75-57-59-80(60-58-75)94-70-83(61-64-87(94)77-31-7-2-8-32-77)111(103-49-25-17-37-88(103)78-33-9-3-10-34-78)84-63-66-107-102(71-84)110(100-48-24-27-51-105(100)113-107)97-45-21-15-41-92(97)93-42-16-22-46-98(93)110/h1-72H. The summed E-state index contributed by atoms with van der Waals surface area (Å²) in [7, 11) is 0. The van der Waals surface area contributed by atoms with Gasteiger partial charge in [-0.2, -0.15) is 0 Å². The lowest BCUT2D eigenvalue weighted by Gasteiger charge is -2.40. The summed E-state index contributed by atoms with van der Waals surface area (Å²) in [6, 6.07) is 160. The zero-order chi connectivity index (χ0) is 75.3. The highest BCUT2D eigenvalue weighted by Gasteiger charge is 2.53. The van der Waals surface area contributed by atoms with Crippen molar-refractivity contribution in [3.8, 4) is 123 Å². The van der Waals surface area contributed by atoms with Crippen molar-refractivity contribution in [2.24, 2.45) is 0 Å². The Kier molecular flexibility index (Phi) is 15.7. The Morgan fingerprint density at radius 1 is 0.149 bits per heavy atom. The third-order valence-electron chi connectivity index (χ3n) is 24.0. The van der Waals surface area contributed by atoms with Crippen molar-refractivity contribution in [2.75, 3.05) is 9.80 Å². The summed E-state index contributed by atoms with van der Waals surface area (Å²) < 4.78 is 14.3. The number of nitrogens with zero attached hydrogens (tertiary/aromatic N) is 2. The lowest BCUT2D eigenvalue weighted by Crippen LogP contribution is -2.32. The Bertz CT molecular complexity index is 6700. The van der Waals surface area contributed by atoms with Crippen molar-refractivity contribution in [3.63, 3.8) is 0 Å². The molecule has 0 saturated carbocycles. The van der Waals surface area contributed by atoms with E-state index in [1.807, 2.05) is 0 Å². The molecule has 0 unspecified atom stereocenters. The first-order chi connectivity index (χ1) is 56.5. The van der Waals surface area contributed by atoms with E-state index in [0.29, 0.717) is 0 Å². The van der Waals surface area contributed by atoms with Gasteiger partial charge in [-0.1, -0.05) is 352 Å². The summed E-state index contributed by atoms with van der Waals surface area (Å²) in [5.41, 5.74) is 35.0. The molecular formula is C110H72N2O2. The molecule has 2 aliphatic heterocycles. The summed E-state index contributed by atoms with van der Waals surface area (Å²) in [4.78, 5) is 4.90. The Labute approximate surface area is 664 Å². The lowest BCUT2D eigenvalue weighted by molar-refractivity contribution is 0.436. The third kappa shape index (κ3) is 10.5. The number of para-hydroxylation sites is 4. The Morgan fingerprint density at radius 2 is 0.456 bits per heavy atom. The fourth-order valence-electron chi connectivity index (χ4n) is 19.1. The van der Waals surface area contributed by atoms with Crippen molar-refractivity contribution >= 4 is 34.1 Å². The monoisotopic (exact) mass is 1450 g/mol. The SMILES string of the molecule is c1ccc(-c2cc(-c3ccc(-c4ccc(-c5cc(N(c6ccc7c(c6)C6(c8ccccc8O7)c7ccccc7-c7ccccc76)c6ccccc6-c6ccccc6)ccc5-c5ccccc5)cc4)cc3)cc(N(c3ccc4c(c3)Oc3ccccc3C43c4ccccc4-c4ccccc43)c3ccccc3-c3ccccc3)c2)cc1. The van der Waals surface area contributed by atoms with E-state index in [1.54, 1.807) is 0 Å². The molecule has 0 bridgehead atoms. The normalized spacial score (nSPS) is 13.0. The van der Waals surface area contributed by atoms with E-state index in [0.717, 1.165) is 157 Å². The van der Waals surface area contributed by atoms with Gasteiger partial charge in [-0.3, -0.25) is 0 Å². The van der Waals surface area contributed by atoms with Crippen LogP contribution in [0.3, 0.4) is 0 Å². The maximum absolute atomic E-state index is 7.24. The van der Waals surface area contributed by atoms with Crippen molar-refractivity contribution in [1.29, 1.82) is 0 Å². The first-order valence-corrected chi connectivity index (χ1v) is 39.3. The van der Waals surface area contributed by atoms with Crippen LogP contribution < -0.4 is 19.3 Å². The minimum atomic E-state index is -0.657. The van der Waals surface area contributed by atoms with E-state index in [2.05, 4.69) is 447 Å². The van der Waals surface area contributed by atoms with Crippen LogP contribution >= 0.6 is 0 Å². The molecule has 18 aromatic carbocycles. The molecule has 4 aliphatic rings. The summed E-state index contributed by atoms with van der Waals surface area (Å²) >= 11 is 0. The molecule has 2 spiro atoms. The fraction of sp³-hybridized carbons (Fsp3) is 0.0182. The van der Waals surface area contributed by atoms with Crippen molar-refractivity contribution < 1.29 is 9.47 Å². The summed E-state index contributed by atoms with van der Waals surface area (Å²) in [5.74, 6) is 3.38. The molecule has 114 heavy (non-hydrogen) atoms. The number of rotatable bonds is 13. The van der Waals surface area contributed by atoms with Gasteiger partial charge in [0.25, 0.3) is 0 Å². The molecule has 0 N–H and O–H groups in total. The quantitative estimate of drug-likeness (QED) is 0.115. The molecule has 0 saturated heterocycles. The van der Waals surface area contributed by atoms with Crippen LogP contribution in [0.4, 0.5) is 34.1 Å². The second-order valence-electron chi connectivity index (χ2n) is 30.1. The van der Waals surface area contributed by atoms with Gasteiger partial charge in [0.2, 0.25) is 0 Å². The van der Waals surface area contributed by atoms with Crippen LogP contribution in [0.5, 0.6) is 23.0 Å². The number of hydrogen-bond acceptors (Lipinski definition) is 4. The van der Waals surface area contributed by atoms with E-state index in [9.17, 15) is 0 Å². The van der Waals surface area contributed by atoms with Gasteiger partial charge in [0, 0.05) is 62.2 Å². The molecule has 2 heterocycles. The molecule has 0 fully saturated rings. The average Bonchev–Trinajstić information content (AvgIpc) is 1.50. The smallest absolute Gasteiger partial charge is 0.134 e. The second-order valence-corrected chi connectivity index (χ2v) is 30.1. The second kappa shape index (κ2) is 27.0. The van der Waals surface area contributed by atoms with Gasteiger partial charge in [0.1, 0.15) is 23.0 Å². The van der Waals surface area contributed by atoms with Crippen LogP contribution in [0.15, 0.2) is 437 Å². The summed E-state index contributed by atoms with van der Waals surface area (Å²) in [6.45, 7) is 0. The average molecular weight is 1450 g/mol. The predicted octanol–water partition coefficient (Wildman–Crippen LogP) is 29.2. The Hall–Kier alpha value is -14.8. The van der Waals surface area contributed by atoms with Gasteiger partial charge in [-0.05, 0) is 190 Å². The molecule has 534 valence electrons. The van der Waals surface area contributed by atoms with E-state index in [1.165, 1.54) is 44.5 Å². The number of benzene rings is 18. The molecule has 4 heteroatoms. The van der Waals surface area contributed by atoms with Crippen LogP contribution in [0.2, 0.25) is 0 Å². The first-order valence-electron chi connectivity index (χ1n) is 39.3. The van der Waals surface area contributed by atoms with E-state index < -0.39 is 10.8 Å². The number of hydrogen-bond donors (Lipinski definition) is 0. The van der Waals surface area contributed by atoms with Gasteiger partial charge >= 0.3 is 0 Å². The maximum Gasteiger partial charge on any atom is 0.134 e. The molecular weight excluding hydrogens is 1380 g/mol. The van der Waals surface area contributed by atoms with Crippen molar-refractivity contribution in [2.45, 2.75) is 10.8 Å². The predicted molar refractivity (Wildman–Crippen MR) is 469 cm³/mol. The Balaban J connectivity index is 0.661. The largest absolute Gasteiger partial charge is 0.457 e. The highest BCUT2D eigenvalue weighted by molar-refractivity contribution is 5.98. The van der Waals surface area contributed by atoms with Gasteiger partial charge < -0.3 is 19.3 Å². The fourth-order valence-corrected chi connectivity index (χ4v) is 19.1. The van der Waals surface area contributed by atoms with Gasteiger partial charge in [-0.25, -0.2) is 0 Å². The molecule has 0 amide bonds. The summed E-state index contributed by atoms with van der Waals surface area (Å²) in [5, 5.41) is 0. The van der Waals surface area contributed by atoms with Crippen LogP contribution in [0.25, 0.3) is 100 Å². The van der Waals surface area contributed by atoms with Crippen LogP contribution in [0.1, 0.15) is 44.5 Å². The van der Waals surface area contributed by atoms with Crippen molar-refractivity contribution in [1.82, 2.24) is 0 Å². The zero-order valence-corrected chi connectivity index (χ0v) is 62.3. The summed E-state index contributed by atoms with van der Waals surface area (Å²) in [6.07, 6.45) is 0. The molecule has 0 radical (unpaired) electrons. The molecule has 0 aromatic heterocycles. The van der Waals surface area contributed by atoms with Gasteiger partial charge in [-0.15, -0.1) is 0 Å². The topological polar surface area (TPSA) is 24.9 Å². The highest BCUT2D eigenvalue weighted by atomic mass is 16.5. The first kappa shape index (κ1) is 66.2. The zero-order valence-electron chi connectivity index (χ0n) is 62.3. The highest BCUT2D eigenvalue weighted by Crippen LogP contribution is 2.65. The maximum atomic E-state index is 7.24. The molecule has 22 rings (SSSR count). The molecule has 18 aromatic rings. The van der Waals surface area contributed by atoms with Crippen LogP contribution in [-0.4, -0.2) is 0 Å². The number of ether oxygens (including phenoxy) is 2. The van der Waals surface area contributed by atoms with Gasteiger partial charge in [0.05, 0.1) is 22.2 Å². The molecule has 0 atom stereocenters. The minimum absolute atomic E-state index is 0.603. The molecule has 4 nitrogen and oxygen atoms in total. The van der Waals surface area contributed by atoms with Gasteiger partial charge in [0.15, 0.2) is 0 Å². The third-order valence-corrected chi connectivity index (χ3v) is 24.0. The van der Waals surface area contributed by atoms with E-state index >= 15 is 0 Å². The minimum Gasteiger partial charge on any atom is -0.457 e. The lowest BCUT2D eigenvalue weighted by atomic mass is 9.66. The number of fused-ring (bicyclic) bond motifs is 18. The Morgan fingerprint density at radius 3 is 0.947 bits per heavy atom. The molecule has 2 aliphatic carbocycles. The number of anilines is 6. The van der Waals surface area contributed by atoms with Crippen LogP contribution in [-0.2, 0) is 10.8 Å². The van der Waals surface area contributed by atoms with Crippen LogP contribution in [0, 0.1) is 0 Å². The van der Waals surface area contributed by atoms with E-state index in [-0.39, 0.29) is 0 Å². The van der Waals surface area contributed by atoms with Crippen molar-refractivity contribution in [3.05, 3.63) is 481 Å². The van der Waals surface area contributed by atoms with E-state index in [4.69, 9.17) is 9.47 Å².